The van der Waals surface area contributed by atoms with E-state index in [1.807, 2.05) is 30.3 Å². The van der Waals surface area contributed by atoms with E-state index in [1.165, 1.54) is 0 Å². The molecule has 0 aliphatic carbocycles. The van der Waals surface area contributed by atoms with Crippen LogP contribution >= 0.6 is 0 Å². The molecule has 8 heteroatoms. The molecule has 33 heavy (non-hydrogen) atoms. The monoisotopic (exact) mass is 456 g/mol. The van der Waals surface area contributed by atoms with Crippen LogP contribution in [-0.4, -0.2) is 58.2 Å². The molecular weight excluding hydrogens is 424 g/mol. The molecule has 2 aromatic rings. The first kappa shape index (κ1) is 24.2. The third kappa shape index (κ3) is 6.09. The maximum absolute atomic E-state index is 12.7. The minimum absolute atomic E-state index is 0.0227. The number of fused-ring (bicyclic) bond motifs is 1. The highest BCUT2D eigenvalue weighted by Crippen LogP contribution is 2.33. The Morgan fingerprint density at radius 1 is 0.848 bits per heavy atom. The number of rotatable bonds is 10. The van der Waals surface area contributed by atoms with E-state index in [1.54, 1.807) is 33.3 Å². The zero-order valence-electron chi connectivity index (χ0n) is 19.7. The minimum Gasteiger partial charge on any atom is -0.493 e. The molecule has 0 radical (unpaired) electrons. The molecule has 0 unspecified atom stereocenters. The summed E-state index contributed by atoms with van der Waals surface area (Å²) in [5.74, 6) is 2.52. The summed E-state index contributed by atoms with van der Waals surface area (Å²) in [7, 11) is 6.39. The summed E-state index contributed by atoms with van der Waals surface area (Å²) in [6, 6.07) is 9.58. The van der Waals surface area contributed by atoms with Gasteiger partial charge >= 0.3 is 0 Å². The summed E-state index contributed by atoms with van der Waals surface area (Å²) in [5.41, 5.74) is 3.24. The second-order valence-electron chi connectivity index (χ2n) is 7.83. The van der Waals surface area contributed by atoms with E-state index in [-0.39, 0.29) is 24.7 Å². The SMILES string of the molecule is COc1ccc(CCNC(=O)CCC(=O)N2CCc3cc(OC)c(OC)cc3C2)cc1OC. The van der Waals surface area contributed by atoms with Crippen LogP contribution in [0.5, 0.6) is 23.0 Å². The molecule has 1 aliphatic rings. The van der Waals surface area contributed by atoms with E-state index >= 15 is 0 Å². The normalized spacial score (nSPS) is 12.5. The number of amides is 2. The molecule has 3 rings (SSSR count). The fraction of sp³-hybridized carbons (Fsp3) is 0.440. The Labute approximate surface area is 194 Å². The van der Waals surface area contributed by atoms with Crippen LogP contribution in [0.3, 0.4) is 0 Å². The molecule has 0 fully saturated rings. The fourth-order valence-electron chi connectivity index (χ4n) is 3.95. The van der Waals surface area contributed by atoms with Gasteiger partial charge in [0.15, 0.2) is 23.0 Å². The summed E-state index contributed by atoms with van der Waals surface area (Å²) in [6.45, 7) is 1.62. The van der Waals surface area contributed by atoms with E-state index in [0.717, 1.165) is 23.1 Å². The van der Waals surface area contributed by atoms with Gasteiger partial charge in [0, 0.05) is 32.5 Å². The van der Waals surface area contributed by atoms with Crippen molar-refractivity contribution in [1.82, 2.24) is 10.2 Å². The number of ether oxygens (including phenoxy) is 4. The predicted molar refractivity (Wildman–Crippen MR) is 124 cm³/mol. The van der Waals surface area contributed by atoms with E-state index in [9.17, 15) is 9.59 Å². The van der Waals surface area contributed by atoms with Crippen molar-refractivity contribution in [3.8, 4) is 23.0 Å². The van der Waals surface area contributed by atoms with E-state index in [0.29, 0.717) is 49.1 Å². The Hall–Kier alpha value is -3.42. The highest BCUT2D eigenvalue weighted by Gasteiger charge is 2.23. The number of nitrogens with one attached hydrogen (secondary N) is 1. The number of carbonyl (C=O) groups is 2. The van der Waals surface area contributed by atoms with Crippen molar-refractivity contribution in [2.75, 3.05) is 41.5 Å². The van der Waals surface area contributed by atoms with Crippen LogP contribution in [-0.2, 0) is 29.0 Å². The van der Waals surface area contributed by atoms with Crippen molar-refractivity contribution in [3.05, 3.63) is 47.0 Å². The third-order valence-electron chi connectivity index (χ3n) is 5.82. The van der Waals surface area contributed by atoms with Gasteiger partial charge in [0.25, 0.3) is 0 Å². The highest BCUT2D eigenvalue weighted by atomic mass is 16.5. The Kier molecular flexibility index (Phi) is 8.40. The van der Waals surface area contributed by atoms with E-state index in [2.05, 4.69) is 5.32 Å². The molecule has 0 saturated heterocycles. The van der Waals surface area contributed by atoms with Crippen molar-refractivity contribution in [2.45, 2.75) is 32.2 Å². The van der Waals surface area contributed by atoms with Gasteiger partial charge in [-0.1, -0.05) is 6.07 Å². The molecule has 2 aromatic carbocycles. The average Bonchev–Trinajstić information content (AvgIpc) is 2.85. The summed E-state index contributed by atoms with van der Waals surface area (Å²) in [6.07, 6.45) is 1.76. The largest absolute Gasteiger partial charge is 0.493 e. The molecule has 1 heterocycles. The lowest BCUT2D eigenvalue weighted by atomic mass is 9.98. The first-order valence-corrected chi connectivity index (χ1v) is 11.0. The maximum atomic E-state index is 12.7. The van der Waals surface area contributed by atoms with Gasteiger partial charge in [0.2, 0.25) is 11.8 Å². The Bertz CT molecular complexity index is 991. The molecule has 0 bridgehead atoms. The summed E-state index contributed by atoms with van der Waals surface area (Å²) >= 11 is 0. The van der Waals surface area contributed by atoms with Gasteiger partial charge in [-0.15, -0.1) is 0 Å². The predicted octanol–water partition coefficient (Wildman–Crippen LogP) is 2.74. The number of carbonyl (C=O) groups excluding carboxylic acids is 2. The van der Waals surface area contributed by atoms with Crippen LogP contribution in [0.1, 0.15) is 29.5 Å². The maximum Gasteiger partial charge on any atom is 0.223 e. The first-order chi connectivity index (χ1) is 16.0. The van der Waals surface area contributed by atoms with Gasteiger partial charge in [-0.25, -0.2) is 0 Å². The third-order valence-corrected chi connectivity index (χ3v) is 5.82. The topological polar surface area (TPSA) is 86.3 Å². The zero-order chi connectivity index (χ0) is 23.8. The molecule has 0 saturated carbocycles. The minimum atomic E-state index is -0.132. The van der Waals surface area contributed by atoms with Crippen LogP contribution in [0.4, 0.5) is 0 Å². The van der Waals surface area contributed by atoms with Crippen LogP contribution in [0, 0.1) is 0 Å². The van der Waals surface area contributed by atoms with Crippen LogP contribution in [0.2, 0.25) is 0 Å². The standard InChI is InChI=1S/C25H32N2O6/c1-30-20-6-5-17(13-21(20)31-2)9-11-26-24(28)7-8-25(29)27-12-10-18-14-22(32-3)23(33-4)15-19(18)16-27/h5-6,13-15H,7-12,16H2,1-4H3,(H,26,28). The van der Waals surface area contributed by atoms with Crippen LogP contribution < -0.4 is 24.3 Å². The van der Waals surface area contributed by atoms with E-state index in [4.69, 9.17) is 18.9 Å². The number of hydrogen-bond acceptors (Lipinski definition) is 6. The molecule has 0 atom stereocenters. The van der Waals surface area contributed by atoms with Gasteiger partial charge in [-0.05, 0) is 53.8 Å². The highest BCUT2D eigenvalue weighted by molar-refractivity contribution is 5.84. The number of hydrogen-bond donors (Lipinski definition) is 1. The molecule has 0 spiro atoms. The summed E-state index contributed by atoms with van der Waals surface area (Å²) < 4.78 is 21.3. The Balaban J connectivity index is 1.45. The molecule has 8 nitrogen and oxygen atoms in total. The molecule has 1 N–H and O–H groups in total. The van der Waals surface area contributed by atoms with Gasteiger partial charge in [-0.3, -0.25) is 9.59 Å². The fourth-order valence-corrected chi connectivity index (χ4v) is 3.95. The summed E-state index contributed by atoms with van der Waals surface area (Å²) in [5, 5.41) is 2.89. The van der Waals surface area contributed by atoms with Crippen LogP contribution in [0.15, 0.2) is 30.3 Å². The van der Waals surface area contributed by atoms with Crippen molar-refractivity contribution in [3.63, 3.8) is 0 Å². The van der Waals surface area contributed by atoms with Crippen molar-refractivity contribution in [1.29, 1.82) is 0 Å². The summed E-state index contributed by atoms with van der Waals surface area (Å²) in [4.78, 5) is 26.7. The van der Waals surface area contributed by atoms with Gasteiger partial charge in [0.1, 0.15) is 0 Å². The first-order valence-electron chi connectivity index (χ1n) is 11.0. The smallest absolute Gasteiger partial charge is 0.223 e. The lowest BCUT2D eigenvalue weighted by Gasteiger charge is -2.29. The van der Waals surface area contributed by atoms with Gasteiger partial charge in [-0.2, -0.15) is 0 Å². The molecule has 2 amide bonds. The van der Waals surface area contributed by atoms with Crippen molar-refractivity contribution < 1.29 is 28.5 Å². The average molecular weight is 457 g/mol. The Morgan fingerprint density at radius 2 is 1.48 bits per heavy atom. The van der Waals surface area contributed by atoms with Crippen molar-refractivity contribution in [2.24, 2.45) is 0 Å². The number of benzene rings is 2. The molecule has 1 aliphatic heterocycles. The van der Waals surface area contributed by atoms with Crippen molar-refractivity contribution >= 4 is 11.8 Å². The van der Waals surface area contributed by atoms with E-state index < -0.39 is 0 Å². The van der Waals surface area contributed by atoms with Gasteiger partial charge < -0.3 is 29.2 Å². The number of nitrogens with zero attached hydrogens (tertiary/aromatic N) is 1. The second-order valence-corrected chi connectivity index (χ2v) is 7.83. The number of methoxy groups -OCH3 is 4. The van der Waals surface area contributed by atoms with Gasteiger partial charge in [0.05, 0.1) is 28.4 Å². The lowest BCUT2D eigenvalue weighted by Crippen LogP contribution is -2.36. The second kappa shape index (κ2) is 11.4. The lowest BCUT2D eigenvalue weighted by molar-refractivity contribution is -0.134. The van der Waals surface area contributed by atoms with Crippen LogP contribution in [0.25, 0.3) is 0 Å². The molecular formula is C25H32N2O6. The Morgan fingerprint density at radius 3 is 2.15 bits per heavy atom. The zero-order valence-corrected chi connectivity index (χ0v) is 19.7. The molecule has 0 aromatic heterocycles. The molecule has 178 valence electrons. The quantitative estimate of drug-likeness (QED) is 0.592.